The molecule has 4 rings (SSSR count). The lowest BCUT2D eigenvalue weighted by Crippen LogP contribution is -2.61. The number of hydrogen-bond acceptors (Lipinski definition) is 2. The predicted molar refractivity (Wildman–Crippen MR) is 78.3 cm³/mol. The minimum Gasteiger partial charge on any atom is -0.396 e. The molecule has 20 heavy (non-hydrogen) atoms. The number of hydrogen-bond donors (Lipinski definition) is 3. The second kappa shape index (κ2) is 4.90. The maximum atomic E-state index is 12.2. The van der Waals surface area contributed by atoms with Crippen LogP contribution < -0.4 is 10.6 Å². The zero-order valence-electron chi connectivity index (χ0n) is 12.7. The number of carbonyl (C=O) groups is 1. The number of aliphatic hydroxyl groups is 1. The fourth-order valence-corrected chi connectivity index (χ4v) is 4.92. The summed E-state index contributed by atoms with van der Waals surface area (Å²) in [6.45, 7) is 4.52. The first kappa shape index (κ1) is 14.2. The van der Waals surface area contributed by atoms with E-state index in [-0.39, 0.29) is 23.6 Å². The maximum Gasteiger partial charge on any atom is 0.315 e. The predicted octanol–water partition coefficient (Wildman–Crippen LogP) is 2.27. The van der Waals surface area contributed by atoms with E-state index in [4.69, 9.17) is 0 Å². The van der Waals surface area contributed by atoms with Gasteiger partial charge in [0.2, 0.25) is 0 Å². The van der Waals surface area contributed by atoms with Crippen molar-refractivity contribution in [2.45, 2.75) is 57.9 Å². The van der Waals surface area contributed by atoms with Crippen molar-refractivity contribution in [1.82, 2.24) is 10.6 Å². The molecule has 4 nitrogen and oxygen atoms in total. The molecule has 0 radical (unpaired) electrons. The van der Waals surface area contributed by atoms with Gasteiger partial charge in [-0.3, -0.25) is 0 Å². The molecule has 4 fully saturated rings. The molecule has 0 aromatic rings. The Balaban J connectivity index is 1.56. The molecule has 0 atom stereocenters. The van der Waals surface area contributed by atoms with Crippen LogP contribution in [0.2, 0.25) is 0 Å². The van der Waals surface area contributed by atoms with Gasteiger partial charge in [-0.15, -0.1) is 0 Å². The van der Waals surface area contributed by atoms with E-state index in [2.05, 4.69) is 10.6 Å². The van der Waals surface area contributed by atoms with Crippen molar-refractivity contribution in [2.24, 2.45) is 23.2 Å². The molecule has 4 bridgehead atoms. The highest BCUT2D eigenvalue weighted by atomic mass is 16.3. The molecule has 0 saturated heterocycles. The highest BCUT2D eigenvalue weighted by Gasteiger charge is 2.51. The van der Waals surface area contributed by atoms with Gasteiger partial charge >= 0.3 is 6.03 Å². The van der Waals surface area contributed by atoms with E-state index in [9.17, 15) is 9.90 Å². The fraction of sp³-hybridized carbons (Fsp3) is 0.938. The van der Waals surface area contributed by atoms with Crippen LogP contribution in [0.5, 0.6) is 0 Å². The Hall–Kier alpha value is -0.770. The van der Waals surface area contributed by atoms with Crippen molar-refractivity contribution in [3.8, 4) is 0 Å². The first-order chi connectivity index (χ1) is 9.40. The van der Waals surface area contributed by atoms with Gasteiger partial charge in [-0.2, -0.15) is 0 Å². The summed E-state index contributed by atoms with van der Waals surface area (Å²) in [6, 6.07) is -0.0477. The molecular formula is C16H28N2O2. The summed E-state index contributed by atoms with van der Waals surface area (Å²) in [5, 5.41) is 15.5. The van der Waals surface area contributed by atoms with Gasteiger partial charge in [0.1, 0.15) is 0 Å². The third kappa shape index (κ3) is 2.80. The number of urea groups is 1. The van der Waals surface area contributed by atoms with Gasteiger partial charge in [0, 0.05) is 24.1 Å². The summed E-state index contributed by atoms with van der Waals surface area (Å²) in [5.41, 5.74) is -0.180. The normalized spacial score (nSPS) is 38.9. The maximum absolute atomic E-state index is 12.2. The molecular weight excluding hydrogens is 252 g/mol. The van der Waals surface area contributed by atoms with Crippen LogP contribution >= 0.6 is 0 Å². The number of rotatable bonds is 4. The summed E-state index contributed by atoms with van der Waals surface area (Å²) in [4.78, 5) is 12.2. The van der Waals surface area contributed by atoms with Gasteiger partial charge in [-0.05, 0) is 56.3 Å². The average molecular weight is 280 g/mol. The molecule has 0 aromatic heterocycles. The third-order valence-electron chi connectivity index (χ3n) is 5.57. The highest BCUT2D eigenvalue weighted by Crippen LogP contribution is 2.55. The van der Waals surface area contributed by atoms with E-state index in [1.165, 1.54) is 38.5 Å². The van der Waals surface area contributed by atoms with Crippen molar-refractivity contribution in [3.63, 3.8) is 0 Å². The summed E-state index contributed by atoms with van der Waals surface area (Å²) < 4.78 is 0. The standard InChI is InChI=1S/C16H28N2O2/c1-15(2,10-19)9-17-14(20)18-16-6-11-3-12(7-16)5-13(4-11)8-16/h11-13,19H,3-10H2,1-2H3,(H2,17,18,20). The first-order valence-electron chi connectivity index (χ1n) is 8.07. The SMILES string of the molecule is CC(C)(CO)CNC(=O)NC12CC3CC(CC(C3)C1)C2. The average Bonchev–Trinajstić information content (AvgIpc) is 2.34. The largest absolute Gasteiger partial charge is 0.396 e. The Morgan fingerprint density at radius 1 is 1.15 bits per heavy atom. The van der Waals surface area contributed by atoms with Crippen LogP contribution in [0, 0.1) is 23.2 Å². The van der Waals surface area contributed by atoms with Crippen molar-refractivity contribution in [2.75, 3.05) is 13.2 Å². The molecule has 0 aromatic carbocycles. The zero-order chi connectivity index (χ0) is 14.4. The second-order valence-corrected chi connectivity index (χ2v) is 8.33. The molecule has 4 saturated carbocycles. The summed E-state index contributed by atoms with van der Waals surface area (Å²) >= 11 is 0. The zero-order valence-corrected chi connectivity index (χ0v) is 12.7. The molecule has 0 aliphatic heterocycles. The van der Waals surface area contributed by atoms with Crippen LogP contribution in [0.4, 0.5) is 4.79 Å². The molecule has 4 aliphatic rings. The minimum absolute atomic E-state index is 0.0477. The Kier molecular flexibility index (Phi) is 3.47. The molecule has 4 aliphatic carbocycles. The van der Waals surface area contributed by atoms with Crippen LogP contribution in [0.1, 0.15) is 52.4 Å². The lowest BCUT2D eigenvalue weighted by Gasteiger charge is -2.56. The summed E-state index contributed by atoms with van der Waals surface area (Å²) in [7, 11) is 0. The van der Waals surface area contributed by atoms with Crippen molar-refractivity contribution in [3.05, 3.63) is 0 Å². The third-order valence-corrected chi connectivity index (χ3v) is 5.57. The molecule has 114 valence electrons. The van der Waals surface area contributed by atoms with Crippen molar-refractivity contribution >= 4 is 6.03 Å². The first-order valence-corrected chi connectivity index (χ1v) is 8.07. The summed E-state index contributed by atoms with van der Waals surface area (Å²) in [6.07, 6.45) is 7.70. The molecule has 0 spiro atoms. The van der Waals surface area contributed by atoms with Gasteiger partial charge in [-0.1, -0.05) is 13.8 Å². The van der Waals surface area contributed by atoms with E-state index in [1.807, 2.05) is 13.8 Å². The number of carbonyl (C=O) groups excluding carboxylic acids is 1. The molecule has 3 N–H and O–H groups in total. The Bertz CT molecular complexity index is 357. The van der Waals surface area contributed by atoms with Crippen LogP contribution in [-0.4, -0.2) is 29.8 Å². The van der Waals surface area contributed by atoms with Gasteiger partial charge in [0.15, 0.2) is 0 Å². The second-order valence-electron chi connectivity index (χ2n) is 8.33. The number of aliphatic hydroxyl groups excluding tert-OH is 1. The van der Waals surface area contributed by atoms with Gasteiger partial charge < -0.3 is 15.7 Å². The quantitative estimate of drug-likeness (QED) is 0.740. The summed E-state index contributed by atoms with van der Waals surface area (Å²) in [5.74, 6) is 2.53. The highest BCUT2D eigenvalue weighted by molar-refractivity contribution is 5.75. The Labute approximate surface area is 121 Å². The van der Waals surface area contributed by atoms with Crippen LogP contribution in [0.15, 0.2) is 0 Å². The lowest BCUT2D eigenvalue weighted by molar-refractivity contribution is -0.0136. The topological polar surface area (TPSA) is 61.4 Å². The van der Waals surface area contributed by atoms with Crippen molar-refractivity contribution in [1.29, 1.82) is 0 Å². The van der Waals surface area contributed by atoms with E-state index >= 15 is 0 Å². The molecule has 0 unspecified atom stereocenters. The number of amides is 2. The smallest absolute Gasteiger partial charge is 0.315 e. The van der Waals surface area contributed by atoms with E-state index in [1.54, 1.807) is 0 Å². The van der Waals surface area contributed by atoms with Crippen molar-refractivity contribution < 1.29 is 9.90 Å². The van der Waals surface area contributed by atoms with Crippen LogP contribution in [0.3, 0.4) is 0 Å². The van der Waals surface area contributed by atoms with Crippen LogP contribution in [0.25, 0.3) is 0 Å². The van der Waals surface area contributed by atoms with Gasteiger partial charge in [0.05, 0.1) is 0 Å². The van der Waals surface area contributed by atoms with Gasteiger partial charge in [-0.25, -0.2) is 4.79 Å². The molecule has 2 amide bonds. The monoisotopic (exact) mass is 280 g/mol. The Morgan fingerprint density at radius 2 is 1.65 bits per heavy atom. The fourth-order valence-electron chi connectivity index (χ4n) is 4.92. The van der Waals surface area contributed by atoms with E-state index in [0.29, 0.717) is 6.54 Å². The molecule has 4 heteroatoms. The lowest BCUT2D eigenvalue weighted by atomic mass is 9.53. The van der Waals surface area contributed by atoms with E-state index < -0.39 is 0 Å². The van der Waals surface area contributed by atoms with E-state index in [0.717, 1.165) is 17.8 Å². The van der Waals surface area contributed by atoms with Crippen LogP contribution in [-0.2, 0) is 0 Å². The van der Waals surface area contributed by atoms with Gasteiger partial charge in [0.25, 0.3) is 0 Å². The molecule has 0 heterocycles. The number of nitrogens with one attached hydrogen (secondary N) is 2. The minimum atomic E-state index is -0.251. The Morgan fingerprint density at radius 3 is 2.10 bits per heavy atom.